The quantitative estimate of drug-likeness (QED) is 0.0789. The van der Waals surface area contributed by atoms with Crippen LogP contribution < -0.4 is 16.4 Å². The molecule has 0 radical (unpaired) electrons. The number of rotatable bonds is 9. The lowest BCUT2D eigenvalue weighted by atomic mass is 9.90. The van der Waals surface area contributed by atoms with Gasteiger partial charge in [-0.1, -0.05) is 24.1 Å². The summed E-state index contributed by atoms with van der Waals surface area (Å²) in [7, 11) is -8.62. The fourth-order valence-electron chi connectivity index (χ4n) is 4.71. The second-order valence-electron chi connectivity index (χ2n) is 9.46. The second-order valence-corrected chi connectivity index (χ2v) is 12.2. The Hall–Kier alpha value is -4.75. The molecule has 0 spiro atoms. The Labute approximate surface area is 246 Å². The molecule has 224 valence electrons. The highest BCUT2D eigenvalue weighted by Crippen LogP contribution is 2.45. The molecule has 15 heteroatoms. The van der Waals surface area contributed by atoms with Crippen LogP contribution in [0.3, 0.4) is 0 Å². The van der Waals surface area contributed by atoms with E-state index in [-0.39, 0.29) is 53.1 Å². The van der Waals surface area contributed by atoms with Crippen molar-refractivity contribution in [1.29, 1.82) is 5.41 Å². The minimum absolute atomic E-state index is 0.00951. The van der Waals surface area contributed by atoms with Crippen molar-refractivity contribution >= 4 is 48.7 Å². The molecule has 1 aliphatic carbocycles. The van der Waals surface area contributed by atoms with Crippen LogP contribution in [0, 0.1) is 17.8 Å². The fourth-order valence-corrected chi connectivity index (χ4v) is 6.19. The number of nitrogens with zero attached hydrogens (tertiary/aromatic N) is 1. The topological polar surface area (TPSA) is 221 Å². The Morgan fingerprint density at radius 1 is 1.02 bits per heavy atom. The van der Waals surface area contributed by atoms with Gasteiger partial charge >= 0.3 is 0 Å². The first-order chi connectivity index (χ1) is 20.2. The van der Waals surface area contributed by atoms with Crippen LogP contribution in [0.5, 0.6) is 0 Å². The summed E-state index contributed by atoms with van der Waals surface area (Å²) in [6.45, 7) is 0.263. The van der Waals surface area contributed by atoms with E-state index in [4.69, 9.17) is 22.0 Å². The Balaban J connectivity index is 1.98. The third-order valence-corrected chi connectivity index (χ3v) is 8.43. The Bertz CT molecular complexity index is 2060. The highest BCUT2D eigenvalue weighted by atomic mass is 32.2. The average Bonchev–Trinajstić information content (AvgIpc) is 2.92. The van der Waals surface area contributed by atoms with E-state index in [1.54, 1.807) is 12.1 Å². The van der Waals surface area contributed by atoms with Gasteiger partial charge in [0.05, 0.1) is 17.6 Å². The maximum absolute atomic E-state index is 13.7. The number of carbonyl (C=O) groups excluding carboxylic acids is 2. The minimum atomic E-state index is -5.09. The number of terminal acetylenes is 1. The number of fused-ring (bicyclic) bond motifs is 2. The summed E-state index contributed by atoms with van der Waals surface area (Å²) in [6.07, 6.45) is 5.57. The molecule has 2 aromatic rings. The van der Waals surface area contributed by atoms with E-state index in [0.29, 0.717) is 6.42 Å². The van der Waals surface area contributed by atoms with E-state index in [1.165, 1.54) is 42.3 Å². The molecule has 13 nitrogen and oxygen atoms in total. The standard InChI is InChI=1S/C28H26N4O9S2/c1-3-14-31-22(33)9-6-15-32(2)28(34)17-8-5-4-7-16(17)23-18-10-12-20(29)26(42(35,36)37)24(18)41-25-19(23)11-13-21(30)27(25)43(38,39)40/h1,4-5,7-8,10-13,29H,6,9,14-15,30H2,2H3,(H,31,33)(H,35,36,37)(H,38,39,40). The number of nitrogens with two attached hydrogens (primary N) is 1. The SMILES string of the molecule is C#CCNC(=O)CCCN(C)C(=O)c1ccccc1-c1c2ccc(=N)c(S(=O)(=O)O)c-2oc2c(S(=O)(=O)O)c(N)ccc12. The number of anilines is 1. The van der Waals surface area contributed by atoms with Gasteiger partial charge in [0.25, 0.3) is 26.1 Å². The predicted octanol–water partition coefficient (Wildman–Crippen LogP) is 2.36. The van der Waals surface area contributed by atoms with Gasteiger partial charge in [-0.2, -0.15) is 16.8 Å². The van der Waals surface area contributed by atoms with Crippen LogP contribution in [0.15, 0.2) is 62.7 Å². The molecule has 0 bridgehead atoms. The average molecular weight is 627 g/mol. The van der Waals surface area contributed by atoms with Crippen molar-refractivity contribution in [3.8, 4) is 34.8 Å². The molecule has 0 fully saturated rings. The molecule has 0 unspecified atom stereocenters. The normalized spacial score (nSPS) is 11.8. The summed E-state index contributed by atoms with van der Waals surface area (Å²) < 4.78 is 75.2. The molecule has 4 rings (SSSR count). The number of nitrogen functional groups attached to an aromatic ring is 1. The van der Waals surface area contributed by atoms with E-state index >= 15 is 0 Å². The third kappa shape index (κ3) is 6.22. The smallest absolute Gasteiger partial charge is 0.300 e. The Kier molecular flexibility index (Phi) is 8.60. The zero-order chi connectivity index (χ0) is 31.7. The molecule has 2 aliphatic rings. The summed E-state index contributed by atoms with van der Waals surface area (Å²) in [5, 5.41) is 10.0. The molecular weight excluding hydrogens is 600 g/mol. The van der Waals surface area contributed by atoms with Crippen LogP contribution in [0.25, 0.3) is 33.4 Å². The Morgan fingerprint density at radius 2 is 1.70 bits per heavy atom. The summed E-state index contributed by atoms with van der Waals surface area (Å²) in [4.78, 5) is 25.1. The largest absolute Gasteiger partial charge is 0.453 e. The first-order valence-corrected chi connectivity index (χ1v) is 15.4. The Morgan fingerprint density at radius 3 is 2.35 bits per heavy atom. The van der Waals surface area contributed by atoms with Gasteiger partial charge in [-0.05, 0) is 42.3 Å². The van der Waals surface area contributed by atoms with Crippen molar-refractivity contribution in [3.05, 3.63) is 59.5 Å². The van der Waals surface area contributed by atoms with E-state index in [0.717, 1.165) is 6.07 Å². The molecule has 0 saturated heterocycles. The number of hydrogen-bond acceptors (Lipinski definition) is 9. The minimum Gasteiger partial charge on any atom is -0.453 e. The van der Waals surface area contributed by atoms with E-state index < -0.39 is 58.3 Å². The molecule has 1 heterocycles. The molecule has 6 N–H and O–H groups in total. The monoisotopic (exact) mass is 626 g/mol. The van der Waals surface area contributed by atoms with Crippen molar-refractivity contribution in [2.45, 2.75) is 22.6 Å². The van der Waals surface area contributed by atoms with Crippen molar-refractivity contribution in [1.82, 2.24) is 10.2 Å². The maximum atomic E-state index is 13.7. The molecule has 2 amide bonds. The van der Waals surface area contributed by atoms with Crippen LogP contribution >= 0.6 is 0 Å². The lowest BCUT2D eigenvalue weighted by molar-refractivity contribution is -0.121. The number of carbonyl (C=O) groups is 2. The summed E-state index contributed by atoms with van der Waals surface area (Å²) >= 11 is 0. The third-order valence-electron chi connectivity index (χ3n) is 6.57. The number of hydrogen-bond donors (Lipinski definition) is 5. The first-order valence-electron chi connectivity index (χ1n) is 12.5. The molecule has 1 aliphatic heterocycles. The number of nitrogens with one attached hydrogen (secondary N) is 2. The highest BCUT2D eigenvalue weighted by Gasteiger charge is 2.31. The lowest BCUT2D eigenvalue weighted by Crippen LogP contribution is -2.30. The number of amides is 2. The number of benzene rings is 3. The van der Waals surface area contributed by atoms with Gasteiger partial charge in [0.2, 0.25) is 5.91 Å². The fraction of sp³-hybridized carbons (Fsp3) is 0.179. The van der Waals surface area contributed by atoms with Gasteiger partial charge in [0.1, 0.15) is 0 Å². The van der Waals surface area contributed by atoms with Gasteiger partial charge in [0, 0.05) is 42.1 Å². The van der Waals surface area contributed by atoms with Crippen LogP contribution in [-0.2, 0) is 25.0 Å². The molecule has 43 heavy (non-hydrogen) atoms. The summed E-state index contributed by atoms with van der Waals surface area (Å²) in [5.74, 6) is 0.941. The zero-order valence-electron chi connectivity index (χ0n) is 22.6. The van der Waals surface area contributed by atoms with Crippen molar-refractivity contribution < 1.29 is 39.9 Å². The molecule has 0 atom stereocenters. The maximum Gasteiger partial charge on any atom is 0.300 e. The lowest BCUT2D eigenvalue weighted by Gasteiger charge is -2.22. The second kappa shape index (κ2) is 11.9. The van der Waals surface area contributed by atoms with E-state index in [2.05, 4.69) is 11.2 Å². The van der Waals surface area contributed by atoms with Crippen molar-refractivity contribution in [3.63, 3.8) is 0 Å². The summed E-state index contributed by atoms with van der Waals surface area (Å²) in [5.41, 5.74) is 5.33. The molecular formula is C28H26N4O9S2. The van der Waals surface area contributed by atoms with Crippen LogP contribution in [0.2, 0.25) is 0 Å². The first kappa shape index (κ1) is 31.2. The van der Waals surface area contributed by atoms with Crippen LogP contribution in [0.1, 0.15) is 23.2 Å². The van der Waals surface area contributed by atoms with E-state index in [1.807, 2.05) is 0 Å². The molecule has 0 aromatic heterocycles. The highest BCUT2D eigenvalue weighted by molar-refractivity contribution is 7.86. The van der Waals surface area contributed by atoms with Gasteiger partial charge in [-0.3, -0.25) is 24.1 Å². The van der Waals surface area contributed by atoms with Gasteiger partial charge in [-0.15, -0.1) is 6.42 Å². The predicted molar refractivity (Wildman–Crippen MR) is 156 cm³/mol. The van der Waals surface area contributed by atoms with Gasteiger partial charge in [-0.25, -0.2) is 0 Å². The molecule has 2 aromatic carbocycles. The van der Waals surface area contributed by atoms with Crippen molar-refractivity contribution in [2.24, 2.45) is 0 Å². The molecule has 0 saturated carbocycles. The van der Waals surface area contributed by atoms with Gasteiger partial charge in [0.15, 0.2) is 21.1 Å². The van der Waals surface area contributed by atoms with Gasteiger partial charge < -0.3 is 20.4 Å². The van der Waals surface area contributed by atoms with Crippen LogP contribution in [-0.4, -0.2) is 62.8 Å². The zero-order valence-corrected chi connectivity index (χ0v) is 24.3. The summed E-state index contributed by atoms with van der Waals surface area (Å²) in [6, 6.07) is 11.2. The van der Waals surface area contributed by atoms with Crippen LogP contribution in [0.4, 0.5) is 5.69 Å². The van der Waals surface area contributed by atoms with E-state index in [9.17, 15) is 35.5 Å². The van der Waals surface area contributed by atoms with Crippen molar-refractivity contribution in [2.75, 3.05) is 25.9 Å².